The van der Waals surface area contributed by atoms with Crippen LogP contribution in [0.15, 0.2) is 113 Å². The van der Waals surface area contributed by atoms with Gasteiger partial charge in [0.05, 0.1) is 28.6 Å². The van der Waals surface area contributed by atoms with Crippen LogP contribution in [-0.4, -0.2) is 18.0 Å². The number of para-hydroxylation sites is 1. The van der Waals surface area contributed by atoms with Gasteiger partial charge in [-0.05, 0) is 52.6 Å². The van der Waals surface area contributed by atoms with Crippen molar-refractivity contribution in [1.29, 1.82) is 0 Å². The van der Waals surface area contributed by atoms with Crippen LogP contribution in [0.25, 0.3) is 0 Å². The number of carbonyl (C=O) groups excluding carboxylic acids is 2. The molecule has 1 fully saturated rings. The van der Waals surface area contributed by atoms with Gasteiger partial charge in [0.15, 0.2) is 0 Å². The predicted molar refractivity (Wildman–Crippen MR) is 144 cm³/mol. The van der Waals surface area contributed by atoms with Crippen LogP contribution in [0.3, 0.4) is 0 Å². The highest BCUT2D eigenvalue weighted by atomic mass is 79.9. The molecule has 4 nitrogen and oxygen atoms in total. The van der Waals surface area contributed by atoms with Crippen molar-refractivity contribution in [3.63, 3.8) is 0 Å². The van der Waals surface area contributed by atoms with Gasteiger partial charge in [-0.25, -0.2) is 4.90 Å². The third-order valence-electron chi connectivity index (χ3n) is 7.92. The van der Waals surface area contributed by atoms with Crippen molar-refractivity contribution in [3.05, 3.63) is 130 Å². The van der Waals surface area contributed by atoms with Crippen LogP contribution < -0.4 is 4.90 Å². The van der Waals surface area contributed by atoms with E-state index in [-0.39, 0.29) is 17.7 Å². The van der Waals surface area contributed by atoms with Crippen LogP contribution >= 0.6 is 15.9 Å². The van der Waals surface area contributed by atoms with E-state index in [1.807, 2.05) is 85.1 Å². The van der Waals surface area contributed by atoms with Gasteiger partial charge in [-0.1, -0.05) is 88.7 Å². The lowest BCUT2D eigenvalue weighted by molar-refractivity contribution is -0.122. The van der Waals surface area contributed by atoms with Crippen LogP contribution in [0.5, 0.6) is 0 Å². The zero-order valence-corrected chi connectivity index (χ0v) is 20.8. The van der Waals surface area contributed by atoms with Crippen molar-refractivity contribution in [2.24, 2.45) is 16.8 Å². The maximum atomic E-state index is 14.3. The van der Waals surface area contributed by atoms with E-state index in [0.29, 0.717) is 5.69 Å². The molecular weight excluding hydrogens is 512 g/mol. The van der Waals surface area contributed by atoms with Gasteiger partial charge >= 0.3 is 0 Å². The van der Waals surface area contributed by atoms with E-state index in [1.54, 1.807) is 0 Å². The van der Waals surface area contributed by atoms with Gasteiger partial charge in [0.1, 0.15) is 0 Å². The Morgan fingerprint density at radius 2 is 1.39 bits per heavy atom. The fourth-order valence-electron chi connectivity index (χ4n) is 6.61. The Balaban J connectivity index is 1.52. The number of nitrogens with zero attached hydrogens (tertiary/aromatic N) is 2. The van der Waals surface area contributed by atoms with Crippen molar-refractivity contribution in [2.75, 3.05) is 4.90 Å². The largest absolute Gasteiger partial charge is 0.274 e. The summed E-state index contributed by atoms with van der Waals surface area (Å²) in [5, 5.41) is 0. The number of aliphatic imine (C=N–C) groups is 1. The number of anilines is 1. The highest BCUT2D eigenvalue weighted by Gasteiger charge is 2.67. The summed E-state index contributed by atoms with van der Waals surface area (Å²) in [5.74, 6) is -1.53. The Morgan fingerprint density at radius 3 is 2.06 bits per heavy atom. The Kier molecular flexibility index (Phi) is 4.67. The number of carbonyl (C=O) groups is 2. The molecule has 4 aromatic rings. The molecule has 36 heavy (non-hydrogen) atoms. The fourth-order valence-corrected chi connectivity index (χ4v) is 7.00. The number of benzene rings is 4. The summed E-state index contributed by atoms with van der Waals surface area (Å²) >= 11 is 3.53. The van der Waals surface area contributed by atoms with Gasteiger partial charge in [-0.3, -0.25) is 14.6 Å². The molecule has 2 atom stereocenters. The minimum Gasteiger partial charge on any atom is -0.274 e. The number of imide groups is 1. The van der Waals surface area contributed by atoms with E-state index in [2.05, 4.69) is 40.2 Å². The molecular formula is C31H21BrN2O2. The number of halogens is 1. The highest BCUT2D eigenvalue weighted by molar-refractivity contribution is 9.10. The lowest BCUT2D eigenvalue weighted by atomic mass is 9.47. The van der Waals surface area contributed by atoms with E-state index in [0.717, 1.165) is 32.4 Å². The van der Waals surface area contributed by atoms with Crippen molar-refractivity contribution in [2.45, 2.75) is 11.3 Å². The highest BCUT2D eigenvalue weighted by Crippen LogP contribution is 2.63. The van der Waals surface area contributed by atoms with Crippen LogP contribution in [-0.2, 0) is 15.0 Å². The normalized spacial score (nSPS) is 25.7. The fraction of sp³-hybridized carbons (Fsp3) is 0.129. The first-order valence-electron chi connectivity index (χ1n) is 12.0. The second-order valence-electron chi connectivity index (χ2n) is 9.61. The molecule has 0 unspecified atom stereocenters. The second kappa shape index (κ2) is 7.84. The van der Waals surface area contributed by atoms with E-state index in [1.165, 1.54) is 4.90 Å². The Labute approximate surface area is 217 Å². The number of amides is 2. The summed E-state index contributed by atoms with van der Waals surface area (Å²) in [4.78, 5) is 34.7. The first-order valence-corrected chi connectivity index (χ1v) is 12.8. The zero-order valence-electron chi connectivity index (χ0n) is 19.2. The van der Waals surface area contributed by atoms with Crippen LogP contribution in [0.1, 0.15) is 28.2 Å². The first kappa shape index (κ1) is 21.5. The molecule has 0 aromatic heterocycles. The molecule has 0 N–H and O–H groups in total. The summed E-state index contributed by atoms with van der Waals surface area (Å²) in [7, 11) is 0. The monoisotopic (exact) mass is 532 g/mol. The van der Waals surface area contributed by atoms with Gasteiger partial charge in [-0.15, -0.1) is 0 Å². The maximum absolute atomic E-state index is 14.3. The lowest BCUT2D eigenvalue weighted by Crippen LogP contribution is -2.54. The van der Waals surface area contributed by atoms with Crippen molar-refractivity contribution < 1.29 is 9.59 Å². The molecule has 8 rings (SSSR count). The molecule has 5 heteroatoms. The average molecular weight is 533 g/mol. The molecule has 1 saturated heterocycles. The molecule has 4 aromatic carbocycles. The predicted octanol–water partition coefficient (Wildman–Crippen LogP) is 6.40. The van der Waals surface area contributed by atoms with Gasteiger partial charge in [0, 0.05) is 16.6 Å². The number of hydrogen-bond acceptors (Lipinski definition) is 3. The van der Waals surface area contributed by atoms with Crippen LogP contribution in [0.4, 0.5) is 11.4 Å². The molecule has 1 heterocycles. The quantitative estimate of drug-likeness (QED) is 0.226. The van der Waals surface area contributed by atoms with Crippen LogP contribution in [0, 0.1) is 11.8 Å². The van der Waals surface area contributed by atoms with Crippen LogP contribution in [0.2, 0.25) is 0 Å². The average Bonchev–Trinajstić information content (AvgIpc) is 3.19. The number of rotatable bonds is 3. The maximum Gasteiger partial charge on any atom is 0.239 e. The topological polar surface area (TPSA) is 49.7 Å². The second-order valence-corrected chi connectivity index (χ2v) is 10.5. The van der Waals surface area contributed by atoms with E-state index in [9.17, 15) is 9.59 Å². The molecule has 0 spiro atoms. The molecule has 2 amide bonds. The minimum atomic E-state index is -0.856. The summed E-state index contributed by atoms with van der Waals surface area (Å²) < 4.78 is 0.933. The minimum absolute atomic E-state index is 0.134. The summed E-state index contributed by atoms with van der Waals surface area (Å²) in [5.41, 5.74) is 4.88. The van der Waals surface area contributed by atoms with Gasteiger partial charge in [0.25, 0.3) is 0 Å². The van der Waals surface area contributed by atoms with Gasteiger partial charge in [0.2, 0.25) is 11.8 Å². The Morgan fingerprint density at radius 1 is 0.750 bits per heavy atom. The van der Waals surface area contributed by atoms with Gasteiger partial charge in [-0.2, -0.15) is 0 Å². The van der Waals surface area contributed by atoms with Gasteiger partial charge < -0.3 is 0 Å². The molecule has 2 bridgehead atoms. The Hall–Kier alpha value is -3.83. The SMILES string of the molecule is O=C1[C@@H]2[C@@H](C(=O)N1c1ccccc1)C1c3ccccc3C2(C=Nc2cccc(Br)c2)c2ccccc21. The standard InChI is InChI=1S/C31H21BrN2O2/c32-19-9-8-10-20(17-19)33-18-31-24-15-6-4-13-22(24)26(23-14-5-7-16-25(23)31)27-28(31)30(36)34(29(27)35)21-11-2-1-3-12-21/h1-18,26-28H/t26?,27-,28-,31?/m0/s1. The molecule has 0 saturated carbocycles. The summed E-state index contributed by atoms with van der Waals surface area (Å²) in [6, 6.07) is 33.6. The molecule has 4 aliphatic rings. The van der Waals surface area contributed by atoms with E-state index >= 15 is 0 Å². The zero-order chi connectivity index (χ0) is 24.4. The van der Waals surface area contributed by atoms with Crippen molar-refractivity contribution in [3.8, 4) is 0 Å². The Bertz CT molecular complexity index is 1530. The summed E-state index contributed by atoms with van der Waals surface area (Å²) in [6.07, 6.45) is 1.93. The smallest absolute Gasteiger partial charge is 0.239 e. The van der Waals surface area contributed by atoms with E-state index < -0.39 is 17.3 Å². The van der Waals surface area contributed by atoms with Crippen molar-refractivity contribution >= 4 is 45.3 Å². The lowest BCUT2D eigenvalue weighted by Gasteiger charge is -2.52. The van der Waals surface area contributed by atoms with Crippen molar-refractivity contribution in [1.82, 2.24) is 0 Å². The molecule has 0 radical (unpaired) electrons. The summed E-state index contributed by atoms with van der Waals surface area (Å²) in [6.45, 7) is 0. The number of hydrogen-bond donors (Lipinski definition) is 0. The van der Waals surface area contributed by atoms with E-state index in [4.69, 9.17) is 4.99 Å². The molecule has 174 valence electrons. The first-order chi connectivity index (χ1) is 17.6. The molecule has 1 aliphatic heterocycles. The third kappa shape index (κ3) is 2.78. The molecule has 3 aliphatic carbocycles. The third-order valence-corrected chi connectivity index (χ3v) is 8.42.